The second kappa shape index (κ2) is 8.20. The molecule has 2 N–H and O–H groups in total. The topological polar surface area (TPSA) is 86.9 Å². The number of rotatable bonds is 5. The summed E-state index contributed by atoms with van der Waals surface area (Å²) in [6, 6.07) is 4.12. The van der Waals surface area contributed by atoms with Gasteiger partial charge in [0.1, 0.15) is 0 Å². The van der Waals surface area contributed by atoms with Gasteiger partial charge in [-0.1, -0.05) is 0 Å². The van der Waals surface area contributed by atoms with Crippen molar-refractivity contribution in [2.45, 2.75) is 37.7 Å². The van der Waals surface area contributed by atoms with E-state index in [4.69, 9.17) is 19.9 Å². The molecule has 3 heterocycles. The highest BCUT2D eigenvalue weighted by molar-refractivity contribution is 7.13. The van der Waals surface area contributed by atoms with Crippen LogP contribution in [-0.2, 0) is 28.0 Å². The number of amides is 1. The lowest BCUT2D eigenvalue weighted by molar-refractivity contribution is -0.140. The van der Waals surface area contributed by atoms with Crippen LogP contribution in [0.1, 0.15) is 36.1 Å². The summed E-state index contributed by atoms with van der Waals surface area (Å²) >= 11 is 1.41. The number of methoxy groups -OCH3 is 2. The van der Waals surface area contributed by atoms with E-state index in [0.717, 1.165) is 36.5 Å². The average Bonchev–Trinajstić information content (AvgIpc) is 3.17. The van der Waals surface area contributed by atoms with E-state index in [1.807, 2.05) is 10.3 Å². The summed E-state index contributed by atoms with van der Waals surface area (Å²) < 4.78 is 17.3. The number of piperidine rings is 1. The number of hydrogen-bond acceptors (Lipinski definition) is 7. The van der Waals surface area contributed by atoms with Crippen molar-refractivity contribution in [1.29, 1.82) is 0 Å². The Morgan fingerprint density at radius 1 is 1.28 bits per heavy atom. The van der Waals surface area contributed by atoms with E-state index in [2.05, 4.69) is 17.1 Å². The average molecular weight is 418 g/mol. The van der Waals surface area contributed by atoms with Crippen LogP contribution in [0.4, 0.5) is 5.13 Å². The third kappa shape index (κ3) is 3.91. The maximum atomic E-state index is 12.7. The predicted octanol–water partition coefficient (Wildman–Crippen LogP) is 2.77. The SMILES string of the molecule is COc1cc2c(cc1OC)C1(CCN(C(=O)CCc3csc(N)n3)CC1)OCC2. The molecule has 1 amide bonds. The van der Waals surface area contributed by atoms with E-state index in [9.17, 15) is 4.79 Å². The van der Waals surface area contributed by atoms with Gasteiger partial charge in [-0.3, -0.25) is 4.79 Å². The second-order valence-corrected chi connectivity index (χ2v) is 8.40. The summed E-state index contributed by atoms with van der Waals surface area (Å²) in [6.45, 7) is 2.05. The molecule has 1 saturated heterocycles. The summed E-state index contributed by atoms with van der Waals surface area (Å²) in [5, 5.41) is 2.47. The van der Waals surface area contributed by atoms with Crippen LogP contribution in [0.5, 0.6) is 11.5 Å². The Balaban J connectivity index is 1.44. The first-order valence-electron chi connectivity index (χ1n) is 9.91. The Morgan fingerprint density at radius 3 is 2.66 bits per heavy atom. The van der Waals surface area contributed by atoms with Gasteiger partial charge in [-0.2, -0.15) is 0 Å². The van der Waals surface area contributed by atoms with Crippen molar-refractivity contribution in [3.05, 3.63) is 34.3 Å². The Bertz CT molecular complexity index is 890. The number of aromatic nitrogens is 1. The minimum atomic E-state index is -0.354. The number of nitrogens with two attached hydrogens (primary N) is 1. The van der Waals surface area contributed by atoms with Crippen LogP contribution >= 0.6 is 11.3 Å². The number of benzene rings is 1. The molecular formula is C21H27N3O4S. The minimum absolute atomic E-state index is 0.162. The molecule has 0 radical (unpaired) electrons. The molecule has 0 unspecified atom stereocenters. The van der Waals surface area contributed by atoms with Gasteiger partial charge >= 0.3 is 0 Å². The largest absolute Gasteiger partial charge is 0.493 e. The zero-order chi connectivity index (χ0) is 20.4. The Kier molecular flexibility index (Phi) is 5.65. The zero-order valence-electron chi connectivity index (χ0n) is 16.9. The van der Waals surface area contributed by atoms with Crippen molar-refractivity contribution in [3.8, 4) is 11.5 Å². The highest BCUT2D eigenvalue weighted by atomic mass is 32.1. The fourth-order valence-electron chi connectivity index (χ4n) is 4.35. The van der Waals surface area contributed by atoms with Crippen LogP contribution in [0.15, 0.2) is 17.5 Å². The number of nitrogens with zero attached hydrogens (tertiary/aromatic N) is 2. The van der Waals surface area contributed by atoms with E-state index in [-0.39, 0.29) is 11.5 Å². The molecule has 0 aliphatic carbocycles. The van der Waals surface area contributed by atoms with Gasteiger partial charge < -0.3 is 24.8 Å². The van der Waals surface area contributed by atoms with Gasteiger partial charge in [0.2, 0.25) is 5.91 Å². The maximum absolute atomic E-state index is 12.7. The molecule has 2 aliphatic heterocycles. The Morgan fingerprint density at radius 2 is 2.00 bits per heavy atom. The first kappa shape index (κ1) is 20.0. The molecular weight excluding hydrogens is 390 g/mol. The second-order valence-electron chi connectivity index (χ2n) is 7.51. The van der Waals surface area contributed by atoms with Gasteiger partial charge in [0.15, 0.2) is 16.6 Å². The molecule has 1 aromatic heterocycles. The molecule has 4 rings (SSSR count). The highest BCUT2D eigenvalue weighted by Crippen LogP contribution is 2.45. The summed E-state index contributed by atoms with van der Waals surface area (Å²) in [6.07, 6.45) is 3.51. The van der Waals surface area contributed by atoms with Crippen molar-refractivity contribution in [3.63, 3.8) is 0 Å². The summed E-state index contributed by atoms with van der Waals surface area (Å²) in [7, 11) is 3.31. The standard InChI is InChI=1S/C21H27N3O4S/c1-26-17-11-14-5-10-28-21(16(14)12-18(17)27-2)6-8-24(9-7-21)19(25)4-3-15-13-29-20(22)23-15/h11-13H,3-10H2,1-2H3,(H2,22,23). The normalized spacial score (nSPS) is 17.8. The minimum Gasteiger partial charge on any atom is -0.493 e. The number of carbonyl (C=O) groups is 1. The molecule has 1 fully saturated rings. The molecule has 0 bridgehead atoms. The van der Waals surface area contributed by atoms with Crippen molar-refractivity contribution >= 4 is 22.4 Å². The van der Waals surface area contributed by atoms with Crippen molar-refractivity contribution in [2.75, 3.05) is 39.6 Å². The van der Waals surface area contributed by atoms with Gasteiger partial charge in [-0.05, 0) is 48.9 Å². The number of hydrogen-bond donors (Lipinski definition) is 1. The number of aryl methyl sites for hydroxylation is 1. The number of fused-ring (bicyclic) bond motifs is 2. The van der Waals surface area contributed by atoms with Gasteiger partial charge in [-0.15, -0.1) is 11.3 Å². The van der Waals surface area contributed by atoms with Gasteiger partial charge in [0, 0.05) is 24.9 Å². The van der Waals surface area contributed by atoms with E-state index < -0.39 is 0 Å². The van der Waals surface area contributed by atoms with Gasteiger partial charge in [0.05, 0.1) is 32.1 Å². The van der Waals surface area contributed by atoms with Crippen LogP contribution < -0.4 is 15.2 Å². The smallest absolute Gasteiger partial charge is 0.222 e. The quantitative estimate of drug-likeness (QED) is 0.805. The number of likely N-dealkylation sites (tertiary alicyclic amines) is 1. The highest BCUT2D eigenvalue weighted by Gasteiger charge is 2.42. The molecule has 29 heavy (non-hydrogen) atoms. The van der Waals surface area contributed by atoms with Crippen LogP contribution in [-0.4, -0.2) is 49.7 Å². The summed E-state index contributed by atoms with van der Waals surface area (Å²) in [4.78, 5) is 18.9. The monoisotopic (exact) mass is 417 g/mol. The molecule has 156 valence electrons. The molecule has 0 atom stereocenters. The molecule has 0 saturated carbocycles. The first-order valence-corrected chi connectivity index (χ1v) is 10.8. The first-order chi connectivity index (χ1) is 14.0. The predicted molar refractivity (Wildman–Crippen MR) is 112 cm³/mol. The van der Waals surface area contributed by atoms with E-state index >= 15 is 0 Å². The van der Waals surface area contributed by atoms with E-state index in [0.29, 0.717) is 37.7 Å². The lowest BCUT2D eigenvalue weighted by Crippen LogP contribution is -2.48. The fraction of sp³-hybridized carbons (Fsp3) is 0.524. The third-order valence-electron chi connectivity index (χ3n) is 5.94. The van der Waals surface area contributed by atoms with Crippen LogP contribution in [0.3, 0.4) is 0 Å². The molecule has 1 aromatic carbocycles. The lowest BCUT2D eigenvalue weighted by Gasteiger charge is -2.45. The van der Waals surface area contributed by atoms with Crippen LogP contribution in [0.25, 0.3) is 0 Å². The number of ether oxygens (including phenoxy) is 3. The molecule has 1 spiro atoms. The summed E-state index contributed by atoms with van der Waals surface area (Å²) in [5.41, 5.74) is 8.62. The van der Waals surface area contributed by atoms with Gasteiger partial charge in [0.25, 0.3) is 0 Å². The van der Waals surface area contributed by atoms with Crippen molar-refractivity contribution < 1.29 is 19.0 Å². The third-order valence-corrected chi connectivity index (χ3v) is 6.66. The number of nitrogen functional groups attached to an aromatic ring is 1. The molecule has 2 aromatic rings. The fourth-order valence-corrected chi connectivity index (χ4v) is 4.95. The van der Waals surface area contributed by atoms with E-state index in [1.165, 1.54) is 22.5 Å². The molecule has 7 nitrogen and oxygen atoms in total. The molecule has 2 aliphatic rings. The zero-order valence-corrected chi connectivity index (χ0v) is 17.7. The Labute approximate surface area is 174 Å². The van der Waals surface area contributed by atoms with Crippen molar-refractivity contribution in [2.24, 2.45) is 0 Å². The van der Waals surface area contributed by atoms with Crippen LogP contribution in [0, 0.1) is 0 Å². The number of anilines is 1. The van der Waals surface area contributed by atoms with E-state index in [1.54, 1.807) is 14.2 Å². The van der Waals surface area contributed by atoms with Crippen LogP contribution in [0.2, 0.25) is 0 Å². The molecule has 8 heteroatoms. The lowest BCUT2D eigenvalue weighted by atomic mass is 9.79. The number of carbonyl (C=O) groups excluding carboxylic acids is 1. The maximum Gasteiger partial charge on any atom is 0.222 e. The Hall–Kier alpha value is -2.32. The van der Waals surface area contributed by atoms with Crippen molar-refractivity contribution in [1.82, 2.24) is 9.88 Å². The summed E-state index contributed by atoms with van der Waals surface area (Å²) in [5.74, 6) is 1.63. The number of thiazole rings is 1. The van der Waals surface area contributed by atoms with Gasteiger partial charge in [-0.25, -0.2) is 4.98 Å².